The van der Waals surface area contributed by atoms with Gasteiger partial charge in [-0.05, 0) is 5.56 Å². The van der Waals surface area contributed by atoms with Crippen LogP contribution in [0.15, 0.2) is 6.07 Å². The number of hydrogen-bond donors (Lipinski definition) is 1. The summed E-state index contributed by atoms with van der Waals surface area (Å²) in [6.07, 6.45) is 0.747. The molecule has 0 unspecified atom stereocenters. The minimum atomic E-state index is -0.531. The maximum atomic E-state index is 11.2. The Balaban J connectivity index is 0.00000225. The zero-order valence-electron chi connectivity index (χ0n) is 9.11. The number of methoxy groups -OCH3 is 1. The zero-order valence-corrected chi connectivity index (χ0v) is 11.9. The number of phenols is 1. The van der Waals surface area contributed by atoms with Gasteiger partial charge in [-0.15, -0.1) is 11.1 Å². The van der Waals surface area contributed by atoms with E-state index in [9.17, 15) is 14.7 Å². The predicted molar refractivity (Wildman–Crippen MR) is 52.8 cm³/mol. The Bertz CT molecular complexity index is 401. The minimum Gasteiger partial charge on any atom is -0.565 e. The molecule has 16 heavy (non-hydrogen) atoms. The van der Waals surface area contributed by atoms with Crippen LogP contribution in [0.4, 0.5) is 0 Å². The van der Waals surface area contributed by atoms with Crippen molar-refractivity contribution in [2.75, 3.05) is 7.11 Å². The molecule has 0 aromatic heterocycles. The maximum Gasteiger partial charge on any atom is 0.281 e. The second-order valence-electron chi connectivity index (χ2n) is 3.02. The quantitative estimate of drug-likeness (QED) is 0.514. The van der Waals surface area contributed by atoms with Gasteiger partial charge in [0, 0.05) is 44.9 Å². The van der Waals surface area contributed by atoms with E-state index in [0.717, 1.165) is 0 Å². The molecule has 5 heteroatoms. The average molecular weight is 296 g/mol. The smallest absolute Gasteiger partial charge is 0.281 e. The van der Waals surface area contributed by atoms with Crippen molar-refractivity contribution in [2.24, 2.45) is 0 Å². The van der Waals surface area contributed by atoms with Gasteiger partial charge < -0.3 is 14.6 Å². The van der Waals surface area contributed by atoms with Crippen molar-refractivity contribution in [1.29, 1.82) is 0 Å². The van der Waals surface area contributed by atoms with Crippen LogP contribution >= 0.6 is 0 Å². The molecule has 0 saturated carbocycles. The van der Waals surface area contributed by atoms with Crippen molar-refractivity contribution >= 4 is 12.3 Å². The van der Waals surface area contributed by atoms with E-state index in [2.05, 4.69) is 10.8 Å². The van der Waals surface area contributed by atoms with Gasteiger partial charge in [0.05, 0.1) is 7.11 Å². The largest absolute Gasteiger partial charge is 0.565 e. The van der Waals surface area contributed by atoms with Gasteiger partial charge >= 0.3 is 0 Å². The van der Waals surface area contributed by atoms with Crippen molar-refractivity contribution in [3.63, 3.8) is 0 Å². The molecule has 1 aromatic rings. The number of carbonyl (C=O) groups is 2. The van der Waals surface area contributed by atoms with E-state index >= 15 is 0 Å². The van der Waals surface area contributed by atoms with Crippen LogP contribution in [0.1, 0.15) is 21.5 Å². The average Bonchev–Trinajstić information content (AvgIpc) is 2.24. The second-order valence-corrected chi connectivity index (χ2v) is 3.02. The fourth-order valence-electron chi connectivity index (χ4n) is 1.25. The van der Waals surface area contributed by atoms with E-state index in [-0.39, 0.29) is 50.4 Å². The van der Waals surface area contributed by atoms with E-state index in [4.69, 9.17) is 0 Å². The van der Waals surface area contributed by atoms with Gasteiger partial charge in [0.1, 0.15) is 6.29 Å². The number of aromatic hydroxyl groups is 1. The molecule has 0 amide bonds. The molecular weight excluding hydrogens is 285 g/mol. The number of esters is 1. The van der Waals surface area contributed by atoms with Gasteiger partial charge in [0.25, 0.3) is 5.97 Å². The Kier molecular flexibility index (Phi) is 6.45. The van der Waals surface area contributed by atoms with E-state index in [1.54, 1.807) is 6.92 Å². The van der Waals surface area contributed by atoms with E-state index in [1.807, 2.05) is 0 Å². The number of benzene rings is 1. The van der Waals surface area contributed by atoms with Crippen molar-refractivity contribution < 1.29 is 52.1 Å². The minimum absolute atomic E-state index is 0. The molecule has 1 aromatic carbocycles. The molecule has 0 heterocycles. The molecule has 0 spiro atoms. The van der Waals surface area contributed by atoms with Gasteiger partial charge in [0.2, 0.25) is 0 Å². The first-order valence-corrected chi connectivity index (χ1v) is 4.36. The molecule has 1 rings (SSSR count). The summed E-state index contributed by atoms with van der Waals surface area (Å²) in [5.74, 6) is -0.610. The van der Waals surface area contributed by atoms with Crippen LogP contribution in [0.5, 0.6) is 5.75 Å². The maximum absolute atomic E-state index is 11.2. The molecule has 83 valence electrons. The fraction of sp³-hybridized carbons (Fsp3) is 0.273. The van der Waals surface area contributed by atoms with E-state index in [0.29, 0.717) is 17.4 Å². The second kappa shape index (κ2) is 6.76. The monoisotopic (exact) mass is 296 g/mol. The Morgan fingerprint density at radius 2 is 2.25 bits per heavy atom. The molecule has 0 fully saturated rings. The molecule has 0 bridgehead atoms. The molecular formula is C11H11O4Y-. The number of rotatable bonds is 3. The molecule has 0 aliphatic heterocycles. The van der Waals surface area contributed by atoms with Gasteiger partial charge in [-0.25, -0.2) is 0 Å². The van der Waals surface area contributed by atoms with Crippen LogP contribution < -0.4 is 0 Å². The molecule has 0 aliphatic carbocycles. The molecule has 1 N–H and O–H groups in total. The van der Waals surface area contributed by atoms with E-state index < -0.39 is 5.97 Å². The first-order valence-electron chi connectivity index (χ1n) is 4.36. The van der Waals surface area contributed by atoms with Crippen LogP contribution in [-0.2, 0) is 48.7 Å². The summed E-state index contributed by atoms with van der Waals surface area (Å²) >= 11 is 0. The molecule has 0 saturated heterocycles. The summed E-state index contributed by atoms with van der Waals surface area (Å²) in [4.78, 5) is 21.5. The van der Waals surface area contributed by atoms with Crippen molar-refractivity contribution in [2.45, 2.75) is 13.3 Å². The summed E-state index contributed by atoms with van der Waals surface area (Å²) in [7, 11) is 1.26. The normalized spacial score (nSPS) is 9.12. The van der Waals surface area contributed by atoms with Crippen LogP contribution in [-0.4, -0.2) is 24.5 Å². The summed E-state index contributed by atoms with van der Waals surface area (Å²) in [5, 5.41) is 9.66. The van der Waals surface area contributed by atoms with Gasteiger partial charge in [-0.2, -0.15) is 12.1 Å². The summed E-state index contributed by atoms with van der Waals surface area (Å²) in [6.45, 7) is 1.59. The standard InChI is InChI=1S/C11H11O4.Y/c1-7-9(11(14)15-2)4-3-8(5-6-12)10(7)13;/h4,6,13H,5H2,1-2H3;/q-1;. The molecule has 0 atom stereocenters. The Morgan fingerprint density at radius 3 is 2.75 bits per heavy atom. The van der Waals surface area contributed by atoms with Gasteiger partial charge in [-0.3, -0.25) is 4.79 Å². The number of carbonyl (C=O) groups excluding carboxylic acids is 2. The number of hydrogen-bond acceptors (Lipinski definition) is 4. The first-order chi connectivity index (χ1) is 7.11. The summed E-state index contributed by atoms with van der Waals surface area (Å²) < 4.78 is 4.53. The number of phenolic OH excluding ortho intramolecular Hbond substituents is 1. The summed E-state index contributed by atoms with van der Waals surface area (Å²) in [5.41, 5.74) is 1.04. The SMILES string of the molecule is COC(=O)c1c[c-]c(CC=O)c(O)c1C.[Y]. The van der Waals surface area contributed by atoms with E-state index in [1.165, 1.54) is 13.2 Å². The summed E-state index contributed by atoms with van der Waals surface area (Å²) in [6, 6.07) is 4.10. The topological polar surface area (TPSA) is 63.6 Å². The van der Waals surface area contributed by atoms with Crippen LogP contribution in [0, 0.1) is 13.0 Å². The van der Waals surface area contributed by atoms with Crippen LogP contribution in [0.3, 0.4) is 0 Å². The third-order valence-corrected chi connectivity index (χ3v) is 2.13. The van der Waals surface area contributed by atoms with Gasteiger partial charge in [-0.1, -0.05) is 6.92 Å². The molecule has 4 nitrogen and oxygen atoms in total. The number of ether oxygens (including phenoxy) is 1. The third-order valence-electron chi connectivity index (χ3n) is 2.13. The van der Waals surface area contributed by atoms with Crippen molar-refractivity contribution in [3.8, 4) is 5.75 Å². The first kappa shape index (κ1) is 15.3. The van der Waals surface area contributed by atoms with Gasteiger partial charge in [0.15, 0.2) is 0 Å². The fourth-order valence-corrected chi connectivity index (χ4v) is 1.25. The molecule has 0 aliphatic rings. The molecule has 1 radical (unpaired) electrons. The van der Waals surface area contributed by atoms with Crippen LogP contribution in [0.25, 0.3) is 0 Å². The Labute approximate surface area is 119 Å². The van der Waals surface area contributed by atoms with Crippen LogP contribution in [0.2, 0.25) is 0 Å². The zero-order chi connectivity index (χ0) is 11.4. The Hall–Kier alpha value is -0.736. The predicted octanol–water partition coefficient (Wildman–Crippen LogP) is 1.03. The van der Waals surface area contributed by atoms with Crippen molar-refractivity contribution in [1.82, 2.24) is 0 Å². The number of aldehydes is 1. The Morgan fingerprint density at radius 1 is 1.62 bits per heavy atom. The third kappa shape index (κ3) is 3.13. The van der Waals surface area contributed by atoms with Crippen molar-refractivity contribution in [3.05, 3.63) is 28.8 Å².